The first-order chi connectivity index (χ1) is 17.1. The van der Waals surface area contributed by atoms with Gasteiger partial charge in [0.2, 0.25) is 5.82 Å². The van der Waals surface area contributed by atoms with Gasteiger partial charge in [0.15, 0.2) is 5.78 Å². The van der Waals surface area contributed by atoms with Crippen molar-refractivity contribution in [3.05, 3.63) is 78.4 Å². The molecule has 3 aromatic carbocycles. The zero-order chi connectivity index (χ0) is 24.5. The highest BCUT2D eigenvalue weighted by Gasteiger charge is 2.13. The third-order valence-corrected chi connectivity index (χ3v) is 5.58. The van der Waals surface area contributed by atoms with Gasteiger partial charge in [-0.15, -0.1) is 10.2 Å². The van der Waals surface area contributed by atoms with Gasteiger partial charge in [0, 0.05) is 25.5 Å². The second-order valence-corrected chi connectivity index (χ2v) is 8.07. The highest BCUT2D eigenvalue weighted by atomic mass is 16.5. The molecular formula is C27H28N4O4. The van der Waals surface area contributed by atoms with Gasteiger partial charge in [-0.05, 0) is 53.1 Å². The third-order valence-electron chi connectivity index (χ3n) is 5.58. The number of Topliss-reactive ketones (excluding diaryl/α,β-unsaturated/α-hetero) is 1. The molecule has 1 aromatic heterocycles. The number of tetrazole rings is 1. The van der Waals surface area contributed by atoms with Crippen LogP contribution in [0.25, 0.3) is 22.5 Å². The van der Waals surface area contributed by atoms with E-state index in [2.05, 4.69) is 20.6 Å². The van der Waals surface area contributed by atoms with Crippen LogP contribution >= 0.6 is 0 Å². The van der Waals surface area contributed by atoms with E-state index in [-0.39, 0.29) is 5.78 Å². The zero-order valence-electron chi connectivity index (χ0n) is 19.8. The Kier molecular flexibility index (Phi) is 8.19. The summed E-state index contributed by atoms with van der Waals surface area (Å²) >= 11 is 0. The van der Waals surface area contributed by atoms with E-state index in [9.17, 15) is 4.79 Å². The van der Waals surface area contributed by atoms with Crippen LogP contribution in [0.3, 0.4) is 0 Å². The fourth-order valence-electron chi connectivity index (χ4n) is 3.61. The van der Waals surface area contributed by atoms with E-state index < -0.39 is 6.10 Å². The number of ether oxygens (including phenoxy) is 3. The van der Waals surface area contributed by atoms with E-state index in [4.69, 9.17) is 14.2 Å². The van der Waals surface area contributed by atoms with Gasteiger partial charge in [-0.1, -0.05) is 48.5 Å². The first-order valence-electron chi connectivity index (χ1n) is 11.4. The lowest BCUT2D eigenvalue weighted by molar-refractivity contribution is -0.126. The van der Waals surface area contributed by atoms with Crippen LogP contribution in [0, 0.1) is 0 Å². The normalized spacial score (nSPS) is 11.7. The highest BCUT2D eigenvalue weighted by Crippen LogP contribution is 2.25. The van der Waals surface area contributed by atoms with Gasteiger partial charge in [-0.3, -0.25) is 4.79 Å². The van der Waals surface area contributed by atoms with Crippen LogP contribution in [0.1, 0.15) is 18.9 Å². The monoisotopic (exact) mass is 472 g/mol. The molecule has 0 saturated heterocycles. The van der Waals surface area contributed by atoms with Crippen LogP contribution in [-0.4, -0.2) is 52.8 Å². The zero-order valence-corrected chi connectivity index (χ0v) is 19.8. The molecule has 4 rings (SSSR count). The Morgan fingerprint density at radius 2 is 1.37 bits per heavy atom. The van der Waals surface area contributed by atoms with Crippen molar-refractivity contribution in [1.82, 2.24) is 20.6 Å². The van der Waals surface area contributed by atoms with Gasteiger partial charge >= 0.3 is 0 Å². The van der Waals surface area contributed by atoms with Gasteiger partial charge in [0.1, 0.15) is 17.6 Å². The first-order valence-corrected chi connectivity index (χ1v) is 11.4. The third kappa shape index (κ3) is 6.74. The van der Waals surface area contributed by atoms with Crippen molar-refractivity contribution in [2.24, 2.45) is 0 Å². The molecule has 35 heavy (non-hydrogen) atoms. The molecule has 0 fully saturated rings. The topological polar surface area (TPSA) is 99.2 Å². The fraction of sp³-hybridized carbons (Fsp3) is 0.259. The summed E-state index contributed by atoms with van der Waals surface area (Å²) in [6.45, 7) is 2.66. The molecule has 0 unspecified atom stereocenters. The second-order valence-electron chi connectivity index (χ2n) is 8.07. The number of H-pyrrole nitrogens is 1. The number of rotatable bonds is 12. The van der Waals surface area contributed by atoms with Crippen LogP contribution in [0.4, 0.5) is 0 Å². The number of aromatic amines is 1. The first kappa shape index (κ1) is 24.1. The van der Waals surface area contributed by atoms with Crippen molar-refractivity contribution < 1.29 is 19.0 Å². The molecule has 0 aliphatic rings. The fourth-order valence-corrected chi connectivity index (χ4v) is 3.61. The predicted molar refractivity (Wildman–Crippen MR) is 132 cm³/mol. The molecule has 0 radical (unpaired) electrons. The molecule has 180 valence electrons. The van der Waals surface area contributed by atoms with Crippen LogP contribution in [0.15, 0.2) is 72.8 Å². The summed E-state index contributed by atoms with van der Waals surface area (Å²) in [7, 11) is 1.55. The quantitative estimate of drug-likeness (QED) is 0.303. The average Bonchev–Trinajstić information content (AvgIpc) is 3.43. The lowest BCUT2D eigenvalue weighted by atomic mass is 10.0. The summed E-state index contributed by atoms with van der Waals surface area (Å²) < 4.78 is 16.9. The number of nitrogens with one attached hydrogen (secondary N) is 1. The SMILES string of the molecule is CO[C@@H](Cc1ccc(OCCCOc2ccc(-c3ccc(-c4nn[nH]n4)cc3)cc2)cc1)C(C)=O. The van der Waals surface area contributed by atoms with Gasteiger partial charge in [-0.2, -0.15) is 5.21 Å². The number of carbonyl (C=O) groups excluding carboxylic acids is 1. The largest absolute Gasteiger partial charge is 0.493 e. The van der Waals surface area contributed by atoms with Crippen LogP contribution in [0.5, 0.6) is 11.5 Å². The number of methoxy groups -OCH3 is 1. The summed E-state index contributed by atoms with van der Waals surface area (Å²) in [4.78, 5) is 11.5. The molecule has 0 aliphatic heterocycles. The summed E-state index contributed by atoms with van der Waals surface area (Å²) in [6.07, 6.45) is 0.915. The smallest absolute Gasteiger partial charge is 0.204 e. The Bertz CT molecular complexity index is 1190. The van der Waals surface area contributed by atoms with Gasteiger partial charge in [0.05, 0.1) is 13.2 Å². The minimum absolute atomic E-state index is 0.0260. The molecule has 0 aliphatic carbocycles. The maximum atomic E-state index is 11.5. The molecule has 0 amide bonds. The maximum Gasteiger partial charge on any atom is 0.204 e. The number of ketones is 1. The van der Waals surface area contributed by atoms with E-state index in [1.165, 1.54) is 0 Å². The minimum Gasteiger partial charge on any atom is -0.493 e. The van der Waals surface area contributed by atoms with Gasteiger partial charge in [-0.25, -0.2) is 0 Å². The van der Waals surface area contributed by atoms with E-state index in [1.54, 1.807) is 14.0 Å². The summed E-state index contributed by atoms with van der Waals surface area (Å²) in [5.41, 5.74) is 4.15. The Labute approximate surface area is 204 Å². The number of carbonyl (C=O) groups is 1. The van der Waals surface area contributed by atoms with Crippen molar-refractivity contribution in [3.8, 4) is 34.0 Å². The van der Waals surface area contributed by atoms with Crippen molar-refractivity contribution >= 4 is 5.78 Å². The number of benzene rings is 3. The number of hydrogen-bond acceptors (Lipinski definition) is 7. The Morgan fingerprint density at radius 3 is 1.89 bits per heavy atom. The molecule has 1 atom stereocenters. The highest BCUT2D eigenvalue weighted by molar-refractivity contribution is 5.80. The molecule has 0 saturated carbocycles. The van der Waals surface area contributed by atoms with Gasteiger partial charge < -0.3 is 14.2 Å². The number of aromatic nitrogens is 4. The molecule has 0 spiro atoms. The Morgan fingerprint density at radius 1 is 0.829 bits per heavy atom. The van der Waals surface area contributed by atoms with Gasteiger partial charge in [0.25, 0.3) is 0 Å². The second kappa shape index (κ2) is 11.9. The summed E-state index contributed by atoms with van der Waals surface area (Å²) in [5.74, 6) is 2.21. The molecule has 8 heteroatoms. The minimum atomic E-state index is -0.406. The average molecular weight is 473 g/mol. The van der Waals surface area contributed by atoms with E-state index in [0.717, 1.165) is 40.2 Å². The predicted octanol–water partition coefficient (Wildman–Crippen LogP) is 4.53. The molecule has 1 heterocycles. The van der Waals surface area contributed by atoms with E-state index in [1.807, 2.05) is 72.8 Å². The van der Waals surface area contributed by atoms with Crippen LogP contribution < -0.4 is 9.47 Å². The number of nitrogens with zero attached hydrogens (tertiary/aromatic N) is 3. The molecule has 1 N–H and O–H groups in total. The van der Waals surface area contributed by atoms with Crippen molar-refractivity contribution in [3.63, 3.8) is 0 Å². The lowest BCUT2D eigenvalue weighted by Crippen LogP contribution is -2.22. The molecule has 8 nitrogen and oxygen atoms in total. The molecule has 4 aromatic rings. The Hall–Kier alpha value is -4.04. The standard InChI is InChI=1S/C27H28N4O4/c1-19(32)26(33-2)18-20-4-12-24(13-5-20)34-16-3-17-35-25-14-10-22(11-15-25)21-6-8-23(9-7-21)27-28-30-31-29-27/h4-15,26H,3,16-18H2,1-2H3,(H,28,29,30,31)/t26-/m0/s1. The van der Waals surface area contributed by atoms with E-state index in [0.29, 0.717) is 25.5 Å². The lowest BCUT2D eigenvalue weighted by Gasteiger charge is -2.12. The maximum absolute atomic E-state index is 11.5. The van der Waals surface area contributed by atoms with Crippen molar-refractivity contribution in [1.29, 1.82) is 0 Å². The van der Waals surface area contributed by atoms with Crippen molar-refractivity contribution in [2.75, 3.05) is 20.3 Å². The molecular weight excluding hydrogens is 444 g/mol. The molecule has 0 bridgehead atoms. The number of hydrogen-bond donors (Lipinski definition) is 1. The Balaban J connectivity index is 1.18. The van der Waals surface area contributed by atoms with Crippen LogP contribution in [-0.2, 0) is 16.0 Å². The summed E-state index contributed by atoms with van der Waals surface area (Å²) in [6, 6.07) is 23.8. The van der Waals surface area contributed by atoms with Crippen LogP contribution in [0.2, 0.25) is 0 Å². The van der Waals surface area contributed by atoms with Crippen molar-refractivity contribution in [2.45, 2.75) is 25.9 Å². The van der Waals surface area contributed by atoms with E-state index >= 15 is 0 Å². The summed E-state index contributed by atoms with van der Waals surface area (Å²) in [5, 5.41) is 14.0.